The van der Waals surface area contributed by atoms with Crippen molar-refractivity contribution in [2.45, 2.75) is 19.1 Å². The molecule has 1 heterocycles. The molecule has 1 aliphatic heterocycles. The van der Waals surface area contributed by atoms with Gasteiger partial charge in [0.25, 0.3) is 11.6 Å². The molecule has 0 spiro atoms. The summed E-state index contributed by atoms with van der Waals surface area (Å²) in [6.45, 7) is 1.08. The topological polar surface area (TPSA) is 101 Å². The van der Waals surface area contributed by atoms with Crippen LogP contribution in [0.5, 0.6) is 0 Å². The van der Waals surface area contributed by atoms with Crippen LogP contribution < -0.4 is 4.90 Å². The highest BCUT2D eigenvalue weighted by Gasteiger charge is 2.44. The number of nitro benzene ring substituents is 1. The van der Waals surface area contributed by atoms with Crippen molar-refractivity contribution in [3.05, 3.63) is 81.1 Å². The number of halogens is 3. The number of amides is 1. The third-order valence-corrected chi connectivity index (χ3v) is 4.44. The minimum absolute atomic E-state index is 0.0965. The first-order chi connectivity index (χ1) is 13.5. The zero-order valence-corrected chi connectivity index (χ0v) is 14.8. The second-order valence-electron chi connectivity index (χ2n) is 6.30. The van der Waals surface area contributed by atoms with Crippen LogP contribution in [0.15, 0.2) is 59.9 Å². The summed E-state index contributed by atoms with van der Waals surface area (Å²) in [7, 11) is 0. The molecular weight excluding hydrogens is 393 g/mol. The number of hydrogen-bond donors (Lipinski definition) is 1. The summed E-state index contributed by atoms with van der Waals surface area (Å²) in [5.41, 5.74) is -1.85. The Labute approximate surface area is 161 Å². The van der Waals surface area contributed by atoms with E-state index in [1.54, 1.807) is 0 Å². The number of benzene rings is 2. The van der Waals surface area contributed by atoms with Gasteiger partial charge in [-0.2, -0.15) is 13.2 Å². The number of non-ortho nitro benzene ring substituents is 1. The van der Waals surface area contributed by atoms with E-state index in [1.807, 2.05) is 0 Å². The van der Waals surface area contributed by atoms with Crippen molar-refractivity contribution in [2.24, 2.45) is 0 Å². The molecule has 2 aromatic carbocycles. The van der Waals surface area contributed by atoms with E-state index in [0.29, 0.717) is 6.07 Å². The minimum atomic E-state index is -4.68. The standard InChI is InChI=1S/C19H13F3N2O5/c1-10(25)15-16(11-4-2-7-14(8-11)24(28)29)23(18(27)17(15)26)13-6-3-5-12(9-13)19(20,21)22/h2-9,16,26H,1H3/t16-/m1/s1. The average molecular weight is 406 g/mol. The van der Waals surface area contributed by atoms with Crippen molar-refractivity contribution in [3.63, 3.8) is 0 Å². The zero-order valence-electron chi connectivity index (χ0n) is 14.8. The molecule has 2 aromatic rings. The third-order valence-electron chi connectivity index (χ3n) is 4.44. The normalized spacial score (nSPS) is 17.0. The molecular formula is C19H13F3N2O5. The lowest BCUT2D eigenvalue weighted by atomic mass is 9.96. The van der Waals surface area contributed by atoms with Gasteiger partial charge in [-0.25, -0.2) is 0 Å². The van der Waals surface area contributed by atoms with Crippen molar-refractivity contribution in [2.75, 3.05) is 4.90 Å². The van der Waals surface area contributed by atoms with Crippen LogP contribution >= 0.6 is 0 Å². The number of aliphatic hydroxyl groups is 1. The zero-order chi connectivity index (χ0) is 21.5. The van der Waals surface area contributed by atoms with Gasteiger partial charge in [0.2, 0.25) is 0 Å². The first-order valence-electron chi connectivity index (χ1n) is 8.21. The maximum absolute atomic E-state index is 13.1. The number of hydrogen-bond acceptors (Lipinski definition) is 5. The molecule has 0 aromatic heterocycles. The second-order valence-corrected chi connectivity index (χ2v) is 6.30. The van der Waals surface area contributed by atoms with E-state index in [0.717, 1.165) is 30.0 Å². The quantitative estimate of drug-likeness (QED) is 0.609. The molecule has 0 saturated heterocycles. The summed E-state index contributed by atoms with van der Waals surface area (Å²) in [4.78, 5) is 36.0. The van der Waals surface area contributed by atoms with Crippen molar-refractivity contribution in [3.8, 4) is 0 Å². The Balaban J connectivity index is 2.21. The highest BCUT2D eigenvalue weighted by molar-refractivity contribution is 6.16. The number of Topliss-reactive ketones (excluding diaryl/α,β-unsaturated/α-hetero) is 1. The molecule has 10 heteroatoms. The van der Waals surface area contributed by atoms with E-state index in [2.05, 4.69) is 0 Å². The fourth-order valence-electron chi connectivity index (χ4n) is 3.19. The largest absolute Gasteiger partial charge is 0.503 e. The highest BCUT2D eigenvalue weighted by Crippen LogP contribution is 2.42. The van der Waals surface area contributed by atoms with E-state index >= 15 is 0 Å². The van der Waals surface area contributed by atoms with Gasteiger partial charge >= 0.3 is 6.18 Å². The average Bonchev–Trinajstić information content (AvgIpc) is 2.92. The van der Waals surface area contributed by atoms with Gasteiger partial charge in [-0.05, 0) is 30.7 Å². The number of ketones is 1. The fraction of sp³-hybridized carbons (Fsp3) is 0.158. The summed E-state index contributed by atoms with van der Waals surface area (Å²) >= 11 is 0. The molecule has 7 nitrogen and oxygen atoms in total. The predicted molar refractivity (Wildman–Crippen MR) is 95.1 cm³/mol. The minimum Gasteiger partial charge on any atom is -0.503 e. The number of anilines is 1. The summed E-state index contributed by atoms with van der Waals surface area (Å²) in [6.07, 6.45) is -4.68. The molecule has 29 heavy (non-hydrogen) atoms. The highest BCUT2D eigenvalue weighted by atomic mass is 19.4. The van der Waals surface area contributed by atoms with Crippen LogP contribution in [0.2, 0.25) is 0 Å². The molecule has 0 fully saturated rings. The second kappa shape index (κ2) is 7.04. The van der Waals surface area contributed by atoms with Gasteiger partial charge in [0, 0.05) is 17.8 Å². The van der Waals surface area contributed by atoms with Gasteiger partial charge in [0.05, 0.1) is 22.1 Å². The summed E-state index contributed by atoms with van der Waals surface area (Å²) in [6, 6.07) is 7.48. The SMILES string of the molecule is CC(=O)C1=C(O)C(=O)N(c2cccc(C(F)(F)F)c2)[C@@H]1c1cccc([N+](=O)[O-])c1. The molecule has 0 aliphatic carbocycles. The van der Waals surface area contributed by atoms with E-state index in [1.165, 1.54) is 24.3 Å². The molecule has 1 atom stereocenters. The lowest BCUT2D eigenvalue weighted by molar-refractivity contribution is -0.384. The molecule has 150 valence electrons. The van der Waals surface area contributed by atoms with E-state index in [4.69, 9.17) is 0 Å². The smallest absolute Gasteiger partial charge is 0.416 e. The molecule has 0 unspecified atom stereocenters. The molecule has 3 rings (SSSR count). The first kappa shape index (κ1) is 20.1. The van der Waals surface area contributed by atoms with Gasteiger partial charge in [-0.15, -0.1) is 0 Å². The summed E-state index contributed by atoms with van der Waals surface area (Å²) in [5, 5.41) is 21.3. The van der Waals surface area contributed by atoms with E-state index < -0.39 is 40.2 Å². The monoisotopic (exact) mass is 406 g/mol. The Morgan fingerprint density at radius 2 is 1.83 bits per heavy atom. The fourth-order valence-corrected chi connectivity index (χ4v) is 3.19. The molecule has 0 saturated carbocycles. The Bertz CT molecular complexity index is 1060. The summed E-state index contributed by atoms with van der Waals surface area (Å²) < 4.78 is 39.3. The molecule has 1 N–H and O–H groups in total. The molecule has 0 radical (unpaired) electrons. The van der Waals surface area contributed by atoms with Crippen LogP contribution in [0.3, 0.4) is 0 Å². The summed E-state index contributed by atoms with van der Waals surface area (Å²) in [5.74, 6) is -2.68. The van der Waals surface area contributed by atoms with Crippen LogP contribution in [0, 0.1) is 10.1 Å². The molecule has 0 bridgehead atoms. The number of carbonyl (C=O) groups excluding carboxylic acids is 2. The van der Waals surface area contributed by atoms with Crippen LogP contribution in [0.4, 0.5) is 24.5 Å². The van der Waals surface area contributed by atoms with Crippen molar-refractivity contribution < 1.29 is 32.8 Å². The lowest BCUT2D eigenvalue weighted by Gasteiger charge is -2.27. The van der Waals surface area contributed by atoms with Crippen molar-refractivity contribution in [1.82, 2.24) is 0 Å². The van der Waals surface area contributed by atoms with Crippen LogP contribution in [0.25, 0.3) is 0 Å². The van der Waals surface area contributed by atoms with Crippen LogP contribution in [-0.4, -0.2) is 21.7 Å². The first-order valence-corrected chi connectivity index (χ1v) is 8.21. The van der Waals surface area contributed by atoms with E-state index in [9.17, 15) is 38.0 Å². The maximum atomic E-state index is 13.1. The molecule has 1 amide bonds. The maximum Gasteiger partial charge on any atom is 0.416 e. The van der Waals surface area contributed by atoms with Gasteiger partial charge in [-0.1, -0.05) is 18.2 Å². The number of nitrogens with zero attached hydrogens (tertiary/aromatic N) is 2. The Kier molecular flexibility index (Phi) is 4.87. The number of rotatable bonds is 4. The number of aliphatic hydroxyl groups excluding tert-OH is 1. The number of nitro groups is 1. The van der Waals surface area contributed by atoms with Gasteiger partial charge in [0.1, 0.15) is 0 Å². The van der Waals surface area contributed by atoms with E-state index in [-0.39, 0.29) is 22.5 Å². The van der Waals surface area contributed by atoms with Crippen molar-refractivity contribution in [1.29, 1.82) is 0 Å². The number of carbonyl (C=O) groups is 2. The third kappa shape index (κ3) is 3.56. The molecule has 1 aliphatic rings. The Morgan fingerprint density at radius 1 is 1.17 bits per heavy atom. The van der Waals surface area contributed by atoms with Gasteiger partial charge < -0.3 is 5.11 Å². The van der Waals surface area contributed by atoms with Crippen LogP contribution in [-0.2, 0) is 15.8 Å². The number of alkyl halides is 3. The predicted octanol–water partition coefficient (Wildman–Crippen LogP) is 4.10. The lowest BCUT2D eigenvalue weighted by Crippen LogP contribution is -2.31. The Hall–Kier alpha value is -3.69. The van der Waals surface area contributed by atoms with Gasteiger partial charge in [-0.3, -0.25) is 24.6 Å². The van der Waals surface area contributed by atoms with Crippen LogP contribution in [0.1, 0.15) is 24.1 Å². The van der Waals surface area contributed by atoms with Gasteiger partial charge in [0.15, 0.2) is 11.5 Å². The van der Waals surface area contributed by atoms with Crippen molar-refractivity contribution >= 4 is 23.1 Å². The Morgan fingerprint density at radius 3 is 2.41 bits per heavy atom.